The Labute approximate surface area is 199 Å². The number of rotatable bonds is 6. The van der Waals surface area contributed by atoms with Crippen LogP contribution in [-0.4, -0.2) is 29.6 Å². The number of aryl methyl sites for hydroxylation is 1. The number of hydrogen-bond acceptors (Lipinski definition) is 4. The van der Waals surface area contributed by atoms with Gasteiger partial charge in [-0.15, -0.1) is 12.4 Å². The van der Waals surface area contributed by atoms with Crippen LogP contribution in [0.5, 0.6) is 0 Å². The lowest BCUT2D eigenvalue weighted by Crippen LogP contribution is -2.31. The zero-order valence-corrected chi connectivity index (χ0v) is 20.3. The van der Waals surface area contributed by atoms with E-state index in [1.807, 2.05) is 13.0 Å². The minimum atomic E-state index is -0.843. The van der Waals surface area contributed by atoms with Gasteiger partial charge >= 0.3 is 6.03 Å². The number of carbonyl (C=O) groups is 1. The van der Waals surface area contributed by atoms with Gasteiger partial charge in [-0.25, -0.2) is 18.6 Å². The molecule has 3 rings (SSSR count). The molecule has 178 valence electrons. The number of nitrogens with zero attached hydrogens (tertiary/aromatic N) is 2. The topological polar surface area (TPSA) is 78.9 Å². The van der Waals surface area contributed by atoms with Crippen molar-refractivity contribution < 1.29 is 13.6 Å². The molecule has 0 radical (unpaired) electrons. The molecule has 9 heteroatoms. The minimum absolute atomic E-state index is 0. The summed E-state index contributed by atoms with van der Waals surface area (Å²) in [6.07, 6.45) is 2.97. The first kappa shape index (κ1) is 26.3. The lowest BCUT2D eigenvalue weighted by molar-refractivity contribution is 0.250. The number of halogens is 3. The van der Waals surface area contributed by atoms with E-state index >= 15 is 0 Å². The van der Waals surface area contributed by atoms with Crippen LogP contribution in [0.3, 0.4) is 0 Å². The maximum Gasteiger partial charge on any atom is 0.319 e. The van der Waals surface area contributed by atoms with Crippen LogP contribution in [0.2, 0.25) is 0 Å². The molecule has 0 bridgehead atoms. The molecule has 0 atom stereocenters. The monoisotopic (exact) mass is 477 g/mol. The number of urea groups is 1. The Kier molecular flexibility index (Phi) is 8.55. The van der Waals surface area contributed by atoms with Crippen molar-refractivity contribution >= 4 is 40.8 Å². The third kappa shape index (κ3) is 6.51. The van der Waals surface area contributed by atoms with Crippen molar-refractivity contribution in [2.75, 3.05) is 24.2 Å². The average Bonchev–Trinajstić information content (AvgIpc) is 2.73. The molecule has 0 aliphatic rings. The van der Waals surface area contributed by atoms with Crippen LogP contribution in [0.1, 0.15) is 39.8 Å². The van der Waals surface area contributed by atoms with Gasteiger partial charge in [-0.3, -0.25) is 4.98 Å². The van der Waals surface area contributed by atoms with E-state index in [4.69, 9.17) is 0 Å². The first-order valence-electron chi connectivity index (χ1n) is 10.6. The van der Waals surface area contributed by atoms with Crippen LogP contribution in [0, 0.1) is 17.0 Å². The van der Waals surface area contributed by atoms with Gasteiger partial charge in [0.25, 0.3) is 0 Å². The van der Waals surface area contributed by atoms with E-state index in [0.717, 1.165) is 23.4 Å². The van der Waals surface area contributed by atoms with Crippen molar-refractivity contribution in [1.29, 1.82) is 0 Å². The Hall–Kier alpha value is -3.00. The molecule has 6 nitrogen and oxygen atoms in total. The lowest BCUT2D eigenvalue weighted by Gasteiger charge is -2.18. The van der Waals surface area contributed by atoms with Crippen molar-refractivity contribution in [2.24, 2.45) is 5.41 Å². The summed E-state index contributed by atoms with van der Waals surface area (Å²) in [7, 11) is 1.77. The largest absolute Gasteiger partial charge is 0.373 e. The number of fused-ring (bicyclic) bond motifs is 1. The molecule has 0 saturated heterocycles. The molecule has 0 fully saturated rings. The Morgan fingerprint density at radius 2 is 1.79 bits per heavy atom. The van der Waals surface area contributed by atoms with Gasteiger partial charge in [0.2, 0.25) is 0 Å². The maximum absolute atomic E-state index is 14.8. The molecule has 0 aliphatic heterocycles. The summed E-state index contributed by atoms with van der Waals surface area (Å²) in [5.74, 6) is -0.891. The number of aromatic nitrogens is 2. The number of hydrogen-bond donors (Lipinski definition) is 3. The van der Waals surface area contributed by atoms with Gasteiger partial charge in [-0.1, -0.05) is 27.7 Å². The summed E-state index contributed by atoms with van der Waals surface area (Å²) in [5.41, 5.74) is 2.05. The SMILES string of the molecule is CCc1nc2cc(NC)ncc2cc1-c1cc(NC(=O)NCCC(C)(C)C)c(F)cc1F.Cl. The highest BCUT2D eigenvalue weighted by molar-refractivity contribution is 5.91. The number of pyridine rings is 2. The predicted octanol–water partition coefficient (Wildman–Crippen LogP) is 6.16. The van der Waals surface area contributed by atoms with Crippen molar-refractivity contribution in [3.8, 4) is 11.1 Å². The first-order chi connectivity index (χ1) is 15.1. The lowest BCUT2D eigenvalue weighted by atomic mass is 9.92. The Morgan fingerprint density at radius 3 is 2.42 bits per heavy atom. The van der Waals surface area contributed by atoms with Crippen molar-refractivity contribution in [1.82, 2.24) is 15.3 Å². The van der Waals surface area contributed by atoms with E-state index in [2.05, 4.69) is 46.7 Å². The van der Waals surface area contributed by atoms with Gasteiger partial charge in [0.15, 0.2) is 0 Å². The second-order valence-electron chi connectivity index (χ2n) is 8.85. The van der Waals surface area contributed by atoms with Crippen LogP contribution in [0.25, 0.3) is 22.0 Å². The predicted molar refractivity (Wildman–Crippen MR) is 132 cm³/mol. The van der Waals surface area contributed by atoms with Gasteiger partial charge in [-0.05, 0) is 30.4 Å². The Bertz CT molecular complexity index is 1150. The van der Waals surface area contributed by atoms with Gasteiger partial charge in [0.05, 0.1) is 11.2 Å². The smallest absolute Gasteiger partial charge is 0.319 e. The van der Waals surface area contributed by atoms with Crippen molar-refractivity contribution in [2.45, 2.75) is 40.5 Å². The molecule has 2 aromatic heterocycles. The first-order valence-corrected chi connectivity index (χ1v) is 10.6. The van der Waals surface area contributed by atoms with Crippen LogP contribution in [0.4, 0.5) is 25.1 Å². The molecule has 1 aromatic carbocycles. The normalized spacial score (nSPS) is 11.1. The molecular weight excluding hydrogens is 448 g/mol. The highest BCUT2D eigenvalue weighted by Crippen LogP contribution is 2.33. The van der Waals surface area contributed by atoms with E-state index in [0.29, 0.717) is 30.0 Å². The number of anilines is 2. The summed E-state index contributed by atoms with van der Waals surface area (Å²) >= 11 is 0. The average molecular weight is 478 g/mol. The summed E-state index contributed by atoms with van der Waals surface area (Å²) in [5, 5.41) is 8.90. The molecular formula is C24H30ClF2N5O. The van der Waals surface area contributed by atoms with Gasteiger partial charge in [0.1, 0.15) is 17.5 Å². The quantitative estimate of drug-likeness (QED) is 0.397. The standard InChI is InChI=1S/C24H29F2N5O.ClH/c1-6-19-16(9-14-13-29-22(27-5)12-20(14)30-19)15-10-21(18(26)11-17(15)25)31-23(32)28-8-7-24(2,3)4;/h9-13H,6-8H2,1-5H3,(H,27,29)(H2,28,31,32);1H. The molecule has 0 spiro atoms. The van der Waals surface area contributed by atoms with Crippen LogP contribution < -0.4 is 16.0 Å². The van der Waals surface area contributed by atoms with Gasteiger partial charge in [0, 0.05) is 54.1 Å². The maximum atomic E-state index is 14.8. The molecule has 3 aromatic rings. The fourth-order valence-corrected chi connectivity index (χ4v) is 3.32. The third-order valence-corrected chi connectivity index (χ3v) is 5.12. The summed E-state index contributed by atoms with van der Waals surface area (Å²) < 4.78 is 29.2. The zero-order valence-electron chi connectivity index (χ0n) is 19.5. The number of nitrogens with one attached hydrogen (secondary N) is 3. The fourth-order valence-electron chi connectivity index (χ4n) is 3.32. The molecule has 0 unspecified atom stereocenters. The highest BCUT2D eigenvalue weighted by atomic mass is 35.5. The molecule has 2 amide bonds. The van der Waals surface area contributed by atoms with Crippen LogP contribution >= 0.6 is 12.4 Å². The molecule has 0 aliphatic carbocycles. The second kappa shape index (κ2) is 10.7. The van der Waals surface area contributed by atoms with E-state index < -0.39 is 17.7 Å². The number of carbonyl (C=O) groups excluding carboxylic acids is 1. The Morgan fingerprint density at radius 1 is 1.06 bits per heavy atom. The van der Waals surface area contributed by atoms with E-state index in [1.54, 1.807) is 19.3 Å². The summed E-state index contributed by atoms with van der Waals surface area (Å²) in [6, 6.07) is 5.16. The van der Waals surface area contributed by atoms with Crippen LogP contribution in [0.15, 0.2) is 30.5 Å². The number of amides is 2. The highest BCUT2D eigenvalue weighted by Gasteiger charge is 2.18. The zero-order chi connectivity index (χ0) is 23.5. The van der Waals surface area contributed by atoms with Gasteiger partial charge < -0.3 is 16.0 Å². The van der Waals surface area contributed by atoms with E-state index in [9.17, 15) is 13.6 Å². The van der Waals surface area contributed by atoms with Crippen molar-refractivity contribution in [3.63, 3.8) is 0 Å². The summed E-state index contributed by atoms with van der Waals surface area (Å²) in [4.78, 5) is 21.2. The van der Waals surface area contributed by atoms with Gasteiger partial charge in [-0.2, -0.15) is 0 Å². The fraction of sp³-hybridized carbons (Fsp3) is 0.375. The second-order valence-corrected chi connectivity index (χ2v) is 8.85. The van der Waals surface area contributed by atoms with Crippen molar-refractivity contribution in [3.05, 3.63) is 47.8 Å². The molecule has 3 N–H and O–H groups in total. The number of benzene rings is 1. The van der Waals surface area contributed by atoms with Crippen LogP contribution in [-0.2, 0) is 6.42 Å². The molecule has 2 heterocycles. The van der Waals surface area contributed by atoms with E-state index in [1.165, 1.54) is 6.07 Å². The van der Waals surface area contributed by atoms with E-state index in [-0.39, 0.29) is 29.1 Å². The Balaban J connectivity index is 0.00000385. The minimum Gasteiger partial charge on any atom is -0.373 e. The third-order valence-electron chi connectivity index (χ3n) is 5.12. The molecule has 0 saturated carbocycles. The summed E-state index contributed by atoms with van der Waals surface area (Å²) in [6.45, 7) is 8.56. The molecule has 33 heavy (non-hydrogen) atoms.